The van der Waals surface area contributed by atoms with Gasteiger partial charge in [0.2, 0.25) is 0 Å². The summed E-state index contributed by atoms with van der Waals surface area (Å²) in [4.78, 5) is 12.7. The minimum absolute atomic E-state index is 0.165. The summed E-state index contributed by atoms with van der Waals surface area (Å²) in [6.07, 6.45) is 2.29. The molecule has 0 bridgehead atoms. The van der Waals surface area contributed by atoms with Gasteiger partial charge in [-0.05, 0) is 18.8 Å². The zero-order valence-electron chi connectivity index (χ0n) is 8.90. The monoisotopic (exact) mass is 201 g/mol. The molecule has 4 heteroatoms. The molecular formula is C10H19NO3. The minimum atomic E-state index is -0.735. The molecule has 0 amide bonds. The first-order valence-corrected chi connectivity index (χ1v) is 5.08. The SMILES string of the molecule is COCC(C)CN(CC(=O)O)C1CC1. The van der Waals surface area contributed by atoms with Gasteiger partial charge in [-0.1, -0.05) is 6.92 Å². The lowest BCUT2D eigenvalue weighted by molar-refractivity contribution is -0.138. The highest BCUT2D eigenvalue weighted by molar-refractivity contribution is 5.69. The van der Waals surface area contributed by atoms with Crippen molar-refractivity contribution in [2.24, 2.45) is 5.92 Å². The van der Waals surface area contributed by atoms with Crippen LogP contribution in [0.15, 0.2) is 0 Å². The standard InChI is InChI=1S/C10H19NO3/c1-8(7-14-2)5-11(6-10(12)13)9-3-4-9/h8-9H,3-7H2,1-2H3,(H,12,13). The Morgan fingerprint density at radius 2 is 2.29 bits per heavy atom. The highest BCUT2D eigenvalue weighted by Crippen LogP contribution is 2.27. The van der Waals surface area contributed by atoms with E-state index in [-0.39, 0.29) is 6.54 Å². The Morgan fingerprint density at radius 3 is 2.71 bits per heavy atom. The predicted molar refractivity (Wildman–Crippen MR) is 53.3 cm³/mol. The van der Waals surface area contributed by atoms with E-state index in [4.69, 9.17) is 9.84 Å². The van der Waals surface area contributed by atoms with Crippen LogP contribution < -0.4 is 0 Å². The molecule has 0 aromatic heterocycles. The lowest BCUT2D eigenvalue weighted by Crippen LogP contribution is -2.36. The van der Waals surface area contributed by atoms with Gasteiger partial charge in [-0.3, -0.25) is 9.69 Å². The molecular weight excluding hydrogens is 182 g/mol. The average molecular weight is 201 g/mol. The van der Waals surface area contributed by atoms with Crippen LogP contribution in [-0.4, -0.2) is 48.8 Å². The van der Waals surface area contributed by atoms with E-state index in [0.29, 0.717) is 18.6 Å². The van der Waals surface area contributed by atoms with Gasteiger partial charge in [-0.2, -0.15) is 0 Å². The number of hydrogen-bond donors (Lipinski definition) is 1. The smallest absolute Gasteiger partial charge is 0.317 e. The molecule has 0 spiro atoms. The zero-order valence-corrected chi connectivity index (χ0v) is 8.90. The summed E-state index contributed by atoms with van der Waals surface area (Å²) in [5.74, 6) is -0.332. The maximum atomic E-state index is 10.6. The summed E-state index contributed by atoms with van der Waals surface area (Å²) in [7, 11) is 1.68. The molecule has 0 heterocycles. The Labute approximate surface area is 84.8 Å². The van der Waals surface area contributed by atoms with Crippen molar-refractivity contribution in [2.75, 3.05) is 26.8 Å². The molecule has 0 saturated heterocycles. The molecule has 0 aromatic carbocycles. The van der Waals surface area contributed by atoms with Crippen molar-refractivity contribution in [3.8, 4) is 0 Å². The molecule has 14 heavy (non-hydrogen) atoms. The second kappa shape index (κ2) is 5.32. The van der Waals surface area contributed by atoms with E-state index < -0.39 is 5.97 Å². The lowest BCUT2D eigenvalue weighted by atomic mass is 10.2. The fraction of sp³-hybridized carbons (Fsp3) is 0.900. The minimum Gasteiger partial charge on any atom is -0.480 e. The maximum absolute atomic E-state index is 10.6. The van der Waals surface area contributed by atoms with Crippen LogP contribution in [0.4, 0.5) is 0 Å². The van der Waals surface area contributed by atoms with Crippen LogP contribution in [-0.2, 0) is 9.53 Å². The third-order valence-electron chi connectivity index (χ3n) is 2.40. The van der Waals surface area contributed by atoms with Crippen LogP contribution in [0.1, 0.15) is 19.8 Å². The fourth-order valence-electron chi connectivity index (χ4n) is 1.69. The highest BCUT2D eigenvalue weighted by Gasteiger charge is 2.30. The van der Waals surface area contributed by atoms with Gasteiger partial charge in [0, 0.05) is 26.3 Å². The number of carboxylic acids is 1. The highest BCUT2D eigenvalue weighted by atomic mass is 16.5. The Balaban J connectivity index is 2.30. The number of carbonyl (C=O) groups is 1. The summed E-state index contributed by atoms with van der Waals surface area (Å²) in [5.41, 5.74) is 0. The molecule has 1 aliphatic rings. The van der Waals surface area contributed by atoms with Gasteiger partial charge < -0.3 is 9.84 Å². The third-order valence-corrected chi connectivity index (χ3v) is 2.40. The van der Waals surface area contributed by atoms with E-state index in [9.17, 15) is 4.79 Å². The number of carboxylic acid groups (broad SMARTS) is 1. The molecule has 0 aliphatic heterocycles. The molecule has 1 saturated carbocycles. The first-order valence-electron chi connectivity index (χ1n) is 5.08. The molecule has 1 fully saturated rings. The molecule has 1 aliphatic carbocycles. The van der Waals surface area contributed by atoms with Gasteiger partial charge in [0.05, 0.1) is 6.54 Å². The van der Waals surface area contributed by atoms with E-state index in [2.05, 4.69) is 6.92 Å². The van der Waals surface area contributed by atoms with E-state index in [1.165, 1.54) is 0 Å². The van der Waals surface area contributed by atoms with Crippen molar-refractivity contribution in [1.82, 2.24) is 4.90 Å². The lowest BCUT2D eigenvalue weighted by Gasteiger charge is -2.23. The summed E-state index contributed by atoms with van der Waals surface area (Å²) in [5, 5.41) is 8.73. The van der Waals surface area contributed by atoms with Crippen LogP contribution in [0.25, 0.3) is 0 Å². The Morgan fingerprint density at radius 1 is 1.64 bits per heavy atom. The number of ether oxygens (including phenoxy) is 1. The van der Waals surface area contributed by atoms with E-state index in [0.717, 1.165) is 19.4 Å². The van der Waals surface area contributed by atoms with Crippen LogP contribution in [0, 0.1) is 5.92 Å². The summed E-state index contributed by atoms with van der Waals surface area (Å²) in [6, 6.07) is 0.505. The van der Waals surface area contributed by atoms with Gasteiger partial charge in [0.15, 0.2) is 0 Å². The predicted octanol–water partition coefficient (Wildman–Crippen LogP) is 0.818. The summed E-state index contributed by atoms with van der Waals surface area (Å²) < 4.78 is 5.04. The topological polar surface area (TPSA) is 49.8 Å². The number of methoxy groups -OCH3 is 1. The molecule has 1 unspecified atom stereocenters. The third kappa shape index (κ3) is 4.07. The maximum Gasteiger partial charge on any atom is 0.317 e. The number of aliphatic carboxylic acids is 1. The van der Waals surface area contributed by atoms with Gasteiger partial charge in [-0.25, -0.2) is 0 Å². The summed E-state index contributed by atoms with van der Waals surface area (Å²) >= 11 is 0. The van der Waals surface area contributed by atoms with E-state index in [1.54, 1.807) is 7.11 Å². The van der Waals surface area contributed by atoms with Crippen molar-refractivity contribution in [2.45, 2.75) is 25.8 Å². The normalized spacial score (nSPS) is 18.5. The van der Waals surface area contributed by atoms with Gasteiger partial charge in [0.1, 0.15) is 0 Å². The second-order valence-electron chi connectivity index (χ2n) is 4.11. The first-order chi connectivity index (χ1) is 6.63. The molecule has 4 nitrogen and oxygen atoms in total. The molecule has 1 rings (SSSR count). The Hall–Kier alpha value is -0.610. The van der Waals surface area contributed by atoms with E-state index >= 15 is 0 Å². The first kappa shape index (κ1) is 11.5. The Bertz CT molecular complexity index is 192. The van der Waals surface area contributed by atoms with Gasteiger partial charge >= 0.3 is 5.97 Å². The molecule has 1 atom stereocenters. The van der Waals surface area contributed by atoms with Crippen molar-refractivity contribution >= 4 is 5.97 Å². The van der Waals surface area contributed by atoms with Crippen LogP contribution in [0.3, 0.4) is 0 Å². The molecule has 82 valence electrons. The fourth-order valence-corrected chi connectivity index (χ4v) is 1.69. The average Bonchev–Trinajstić information content (AvgIpc) is 2.84. The number of hydrogen-bond acceptors (Lipinski definition) is 3. The quantitative estimate of drug-likeness (QED) is 0.662. The number of rotatable bonds is 7. The molecule has 0 radical (unpaired) electrons. The Kier molecular flexibility index (Phi) is 4.35. The summed E-state index contributed by atoms with van der Waals surface area (Å²) in [6.45, 7) is 3.77. The van der Waals surface area contributed by atoms with E-state index in [1.807, 2.05) is 4.90 Å². The molecule has 1 N–H and O–H groups in total. The largest absolute Gasteiger partial charge is 0.480 e. The van der Waals surface area contributed by atoms with Crippen molar-refractivity contribution < 1.29 is 14.6 Å². The van der Waals surface area contributed by atoms with Crippen LogP contribution in [0.5, 0.6) is 0 Å². The van der Waals surface area contributed by atoms with Gasteiger partial charge in [0.25, 0.3) is 0 Å². The zero-order chi connectivity index (χ0) is 10.6. The second-order valence-corrected chi connectivity index (χ2v) is 4.11. The van der Waals surface area contributed by atoms with Crippen molar-refractivity contribution in [3.63, 3.8) is 0 Å². The van der Waals surface area contributed by atoms with Gasteiger partial charge in [-0.15, -0.1) is 0 Å². The van der Waals surface area contributed by atoms with Crippen molar-refractivity contribution in [3.05, 3.63) is 0 Å². The van der Waals surface area contributed by atoms with Crippen LogP contribution in [0.2, 0.25) is 0 Å². The van der Waals surface area contributed by atoms with Crippen LogP contribution >= 0.6 is 0 Å². The molecule has 0 aromatic rings. The number of nitrogens with zero attached hydrogens (tertiary/aromatic N) is 1. The van der Waals surface area contributed by atoms with Crippen molar-refractivity contribution in [1.29, 1.82) is 0 Å².